The van der Waals surface area contributed by atoms with Gasteiger partial charge >= 0.3 is 0 Å². The van der Waals surface area contributed by atoms with Crippen molar-refractivity contribution < 1.29 is 4.39 Å². The molecule has 0 saturated heterocycles. The Kier molecular flexibility index (Phi) is 5.32. The Hall–Kier alpha value is -0.750. The molecule has 0 saturated carbocycles. The molecule has 2 atom stereocenters. The van der Waals surface area contributed by atoms with Gasteiger partial charge in [-0.1, -0.05) is 12.1 Å². The third kappa shape index (κ3) is 3.28. The lowest BCUT2D eigenvalue weighted by molar-refractivity contribution is 0.192. The van der Waals surface area contributed by atoms with Crippen molar-refractivity contribution in [1.82, 2.24) is 4.90 Å². The van der Waals surface area contributed by atoms with Gasteiger partial charge in [-0.05, 0) is 59.0 Å². The quantitative estimate of drug-likeness (QED) is 0.862. The predicted octanol–water partition coefficient (Wildman–Crippen LogP) is 4.34. The molecule has 0 bridgehead atoms. The molecule has 2 N–H and O–H groups in total. The number of nitrogens with two attached hydrogens (primary N) is 1. The maximum atomic E-state index is 13.4. The molecule has 0 aliphatic rings. The van der Waals surface area contributed by atoms with Crippen molar-refractivity contribution >= 4 is 27.3 Å². The maximum absolute atomic E-state index is 13.4. The minimum atomic E-state index is -0.251. The van der Waals surface area contributed by atoms with Gasteiger partial charge in [-0.3, -0.25) is 4.90 Å². The van der Waals surface area contributed by atoms with Crippen LogP contribution in [0, 0.1) is 5.82 Å². The summed E-state index contributed by atoms with van der Waals surface area (Å²) in [6, 6.07) is 9.60. The van der Waals surface area contributed by atoms with Crippen molar-refractivity contribution in [3.63, 3.8) is 0 Å². The van der Waals surface area contributed by atoms with Crippen LogP contribution in [0.15, 0.2) is 40.2 Å². The third-order valence-corrected chi connectivity index (χ3v) is 5.26. The van der Waals surface area contributed by atoms with Crippen molar-refractivity contribution in [2.24, 2.45) is 5.73 Å². The number of benzene rings is 1. The molecule has 2 rings (SSSR count). The van der Waals surface area contributed by atoms with E-state index < -0.39 is 0 Å². The van der Waals surface area contributed by atoms with E-state index in [9.17, 15) is 4.39 Å². The molecule has 2 aromatic rings. The smallest absolute Gasteiger partial charge is 0.137 e. The van der Waals surface area contributed by atoms with E-state index in [4.69, 9.17) is 5.73 Å². The molecule has 1 heterocycles. The molecule has 0 amide bonds. The molecular formula is C15H18BrFN2S. The molecule has 0 aliphatic carbocycles. The zero-order valence-electron chi connectivity index (χ0n) is 11.5. The van der Waals surface area contributed by atoms with Crippen LogP contribution in [0.1, 0.15) is 29.4 Å². The van der Waals surface area contributed by atoms with E-state index in [2.05, 4.69) is 52.3 Å². The molecule has 2 unspecified atom stereocenters. The van der Waals surface area contributed by atoms with Crippen LogP contribution in [0.25, 0.3) is 0 Å². The standard InChI is InChI=1S/C15H18BrFN2S/c1-10(15-4-3-7-20-15)19(2)14(9-18)11-5-6-13(17)12(16)8-11/h3-8,10,14H,9,18H2,1-2H3. The average molecular weight is 357 g/mol. The average Bonchev–Trinajstić information content (AvgIpc) is 2.96. The fraction of sp³-hybridized carbons (Fsp3) is 0.333. The lowest BCUT2D eigenvalue weighted by Crippen LogP contribution is -2.32. The van der Waals surface area contributed by atoms with Crippen molar-refractivity contribution in [3.8, 4) is 0 Å². The molecule has 20 heavy (non-hydrogen) atoms. The summed E-state index contributed by atoms with van der Waals surface area (Å²) < 4.78 is 13.8. The molecule has 0 aliphatic heterocycles. The van der Waals surface area contributed by atoms with Crippen LogP contribution in [0.5, 0.6) is 0 Å². The van der Waals surface area contributed by atoms with E-state index in [0.29, 0.717) is 11.0 Å². The Morgan fingerprint density at radius 3 is 2.70 bits per heavy atom. The normalized spacial score (nSPS) is 14.5. The molecule has 5 heteroatoms. The van der Waals surface area contributed by atoms with Crippen molar-refractivity contribution in [2.45, 2.75) is 19.0 Å². The fourth-order valence-electron chi connectivity index (χ4n) is 2.26. The van der Waals surface area contributed by atoms with Crippen LogP contribution < -0.4 is 5.73 Å². The molecule has 1 aromatic carbocycles. The number of thiophene rings is 1. The topological polar surface area (TPSA) is 29.3 Å². The van der Waals surface area contributed by atoms with Gasteiger partial charge in [0.1, 0.15) is 5.82 Å². The largest absolute Gasteiger partial charge is 0.329 e. The number of nitrogens with zero attached hydrogens (tertiary/aromatic N) is 1. The van der Waals surface area contributed by atoms with Crippen LogP contribution in [-0.4, -0.2) is 18.5 Å². The number of hydrogen-bond acceptors (Lipinski definition) is 3. The monoisotopic (exact) mass is 356 g/mol. The van der Waals surface area contributed by atoms with E-state index in [1.807, 2.05) is 6.07 Å². The zero-order valence-corrected chi connectivity index (χ0v) is 13.9. The zero-order chi connectivity index (χ0) is 14.7. The Bertz CT molecular complexity index is 559. The van der Waals surface area contributed by atoms with E-state index in [-0.39, 0.29) is 17.9 Å². The van der Waals surface area contributed by atoms with Crippen molar-refractivity contribution in [3.05, 3.63) is 56.4 Å². The first-order chi connectivity index (χ1) is 9.54. The summed E-state index contributed by atoms with van der Waals surface area (Å²) in [5.41, 5.74) is 6.96. The van der Waals surface area contributed by atoms with Gasteiger partial charge in [0.2, 0.25) is 0 Å². The van der Waals surface area contributed by atoms with E-state index >= 15 is 0 Å². The predicted molar refractivity (Wildman–Crippen MR) is 86.4 cm³/mol. The fourth-order valence-corrected chi connectivity index (χ4v) is 3.49. The summed E-state index contributed by atoms with van der Waals surface area (Å²) in [7, 11) is 2.05. The van der Waals surface area contributed by atoms with Crippen LogP contribution in [0.4, 0.5) is 4.39 Å². The highest BCUT2D eigenvalue weighted by molar-refractivity contribution is 9.10. The van der Waals surface area contributed by atoms with Gasteiger partial charge in [0.05, 0.1) is 4.47 Å². The van der Waals surface area contributed by atoms with Gasteiger partial charge < -0.3 is 5.73 Å². The lowest BCUT2D eigenvalue weighted by atomic mass is 10.0. The van der Waals surface area contributed by atoms with Gasteiger partial charge in [-0.15, -0.1) is 11.3 Å². The second kappa shape index (κ2) is 6.80. The van der Waals surface area contributed by atoms with Gasteiger partial charge in [0.15, 0.2) is 0 Å². The molecule has 0 radical (unpaired) electrons. The molecule has 108 valence electrons. The lowest BCUT2D eigenvalue weighted by Gasteiger charge is -2.32. The summed E-state index contributed by atoms with van der Waals surface area (Å²) in [5, 5.41) is 2.08. The van der Waals surface area contributed by atoms with Crippen LogP contribution in [-0.2, 0) is 0 Å². The highest BCUT2D eigenvalue weighted by atomic mass is 79.9. The summed E-state index contributed by atoms with van der Waals surface area (Å²) in [6.45, 7) is 2.65. The van der Waals surface area contributed by atoms with E-state index in [1.165, 1.54) is 10.9 Å². The number of rotatable bonds is 5. The Balaban J connectivity index is 2.24. The molecule has 1 aromatic heterocycles. The molecular weight excluding hydrogens is 339 g/mol. The van der Waals surface area contributed by atoms with Crippen LogP contribution in [0.3, 0.4) is 0 Å². The summed E-state index contributed by atoms with van der Waals surface area (Å²) in [4.78, 5) is 3.53. The Morgan fingerprint density at radius 1 is 1.40 bits per heavy atom. The Labute approximate surface area is 131 Å². The van der Waals surface area contributed by atoms with Gasteiger partial charge in [0, 0.05) is 23.5 Å². The third-order valence-electron chi connectivity index (χ3n) is 3.61. The second-order valence-corrected chi connectivity index (χ2v) is 6.62. The molecule has 0 fully saturated rings. The first-order valence-corrected chi connectivity index (χ1v) is 8.12. The SMILES string of the molecule is CC(c1cccs1)N(C)C(CN)c1ccc(F)c(Br)c1. The number of hydrogen-bond donors (Lipinski definition) is 1. The van der Waals surface area contributed by atoms with Crippen LogP contribution in [0.2, 0.25) is 0 Å². The van der Waals surface area contributed by atoms with E-state index in [0.717, 1.165) is 5.56 Å². The van der Waals surface area contributed by atoms with Gasteiger partial charge in [0.25, 0.3) is 0 Å². The van der Waals surface area contributed by atoms with Crippen LogP contribution >= 0.6 is 27.3 Å². The minimum Gasteiger partial charge on any atom is -0.329 e. The minimum absolute atomic E-state index is 0.0593. The first kappa shape index (κ1) is 15.6. The highest BCUT2D eigenvalue weighted by Crippen LogP contribution is 2.31. The van der Waals surface area contributed by atoms with Crippen molar-refractivity contribution in [1.29, 1.82) is 0 Å². The van der Waals surface area contributed by atoms with E-state index in [1.54, 1.807) is 17.4 Å². The molecule has 2 nitrogen and oxygen atoms in total. The van der Waals surface area contributed by atoms with Gasteiger partial charge in [-0.25, -0.2) is 4.39 Å². The molecule has 0 spiro atoms. The highest BCUT2D eigenvalue weighted by Gasteiger charge is 2.22. The van der Waals surface area contributed by atoms with Gasteiger partial charge in [-0.2, -0.15) is 0 Å². The summed E-state index contributed by atoms with van der Waals surface area (Å²) >= 11 is 4.97. The summed E-state index contributed by atoms with van der Waals surface area (Å²) in [6.07, 6.45) is 0. The first-order valence-electron chi connectivity index (χ1n) is 6.45. The summed E-state index contributed by atoms with van der Waals surface area (Å²) in [5.74, 6) is -0.251. The van der Waals surface area contributed by atoms with Crippen molar-refractivity contribution in [2.75, 3.05) is 13.6 Å². The Morgan fingerprint density at radius 2 is 2.15 bits per heavy atom. The number of halogens is 2. The maximum Gasteiger partial charge on any atom is 0.137 e. The number of likely N-dealkylation sites (N-methyl/N-ethyl adjacent to an activating group) is 1. The second-order valence-electron chi connectivity index (χ2n) is 4.78.